The molecule has 0 bridgehead atoms. The minimum absolute atomic E-state index is 0.0334. The number of aliphatic hydroxyl groups is 4. The summed E-state index contributed by atoms with van der Waals surface area (Å²) >= 11 is 0. The lowest BCUT2D eigenvalue weighted by atomic mass is 9.74. The normalized spacial score (nSPS) is 37.6. The zero-order valence-electron chi connectivity index (χ0n) is 38.7. The highest BCUT2D eigenvalue weighted by Gasteiger charge is 2.60. The Kier molecular flexibility index (Phi) is 12.5. The van der Waals surface area contributed by atoms with Gasteiger partial charge in [-0.05, 0) is 74.2 Å². The summed E-state index contributed by atoms with van der Waals surface area (Å²) in [7, 11) is 7.41. The third-order valence-electron chi connectivity index (χ3n) is 14.8. The van der Waals surface area contributed by atoms with Gasteiger partial charge in [-0.25, -0.2) is 4.79 Å². The van der Waals surface area contributed by atoms with E-state index in [1.54, 1.807) is 20.8 Å². The number of benzene rings is 2. The molecular formula is C47H59NO18. The Morgan fingerprint density at radius 3 is 2.12 bits per heavy atom. The molecule has 4 fully saturated rings. The number of aliphatic hydroxyl groups excluding tert-OH is 3. The third kappa shape index (κ3) is 7.25. The first-order valence-corrected chi connectivity index (χ1v) is 22.0. The van der Waals surface area contributed by atoms with Gasteiger partial charge in [-0.1, -0.05) is 6.07 Å². The zero-order chi connectivity index (χ0) is 48.3. The van der Waals surface area contributed by atoms with Crippen LogP contribution in [0.5, 0.6) is 5.75 Å². The molecule has 2 aromatic carbocycles. The Hall–Kier alpha value is -4.22. The average Bonchev–Trinajstić information content (AvgIpc) is 3.91. The number of ketones is 2. The van der Waals surface area contributed by atoms with E-state index in [0.29, 0.717) is 0 Å². The lowest BCUT2D eigenvalue weighted by Crippen LogP contribution is -2.65. The number of fused-ring (bicyclic) bond motifs is 4. The Morgan fingerprint density at radius 1 is 0.848 bits per heavy atom. The van der Waals surface area contributed by atoms with Crippen molar-refractivity contribution in [2.24, 2.45) is 0 Å². The van der Waals surface area contributed by atoms with Crippen LogP contribution < -0.4 is 5.43 Å². The van der Waals surface area contributed by atoms with E-state index in [9.17, 15) is 39.9 Å². The van der Waals surface area contributed by atoms with Crippen LogP contribution in [-0.4, -0.2) is 162 Å². The van der Waals surface area contributed by atoms with Gasteiger partial charge in [0.2, 0.25) is 11.4 Å². The summed E-state index contributed by atoms with van der Waals surface area (Å²) in [5, 5.41) is 57.3. The van der Waals surface area contributed by atoms with Crippen molar-refractivity contribution in [3.8, 4) is 5.75 Å². The molecule has 1 aromatic heterocycles. The van der Waals surface area contributed by atoms with E-state index < -0.39 is 158 Å². The molecule has 1 aliphatic carbocycles. The Morgan fingerprint density at radius 2 is 1.52 bits per heavy atom. The van der Waals surface area contributed by atoms with Gasteiger partial charge in [-0.3, -0.25) is 14.4 Å². The summed E-state index contributed by atoms with van der Waals surface area (Å²) in [5.41, 5.74) is -8.32. The monoisotopic (exact) mass is 925 g/mol. The van der Waals surface area contributed by atoms with Gasteiger partial charge in [0, 0.05) is 54.5 Å². The van der Waals surface area contributed by atoms with Crippen molar-refractivity contribution in [3.05, 3.63) is 73.6 Å². The van der Waals surface area contributed by atoms with Gasteiger partial charge < -0.3 is 72.7 Å². The predicted octanol–water partition coefficient (Wildman–Crippen LogP) is 1.86. The molecule has 0 amide bonds. The fourth-order valence-electron chi connectivity index (χ4n) is 10.4. The summed E-state index contributed by atoms with van der Waals surface area (Å²) < 4.78 is 53.2. The lowest BCUT2D eigenvalue weighted by Gasteiger charge is -2.52. The first-order chi connectivity index (χ1) is 31.0. The molecule has 66 heavy (non-hydrogen) atoms. The number of ether oxygens (including phenoxy) is 8. The number of methoxy groups -OCH3 is 3. The maximum absolute atomic E-state index is 15.1. The molecule has 4 saturated heterocycles. The molecule has 0 radical (unpaired) electrons. The first kappa shape index (κ1) is 48.2. The van der Waals surface area contributed by atoms with Crippen molar-refractivity contribution >= 4 is 28.5 Å². The van der Waals surface area contributed by atoms with Gasteiger partial charge in [-0.15, -0.1) is 0 Å². The molecule has 19 nitrogen and oxygen atoms in total. The standard InChI is InChI=1S/C47H59NO18/c1-18-34(50)27(58-9)16-30(62-18)65-42-20(3)61-28(17-45(42,5)48(7)8)22-12-13-23-31(37(22)53)38(54)32-24(36(23)52)14-25(33-26(49)15-29(64-40(32)33)46(6)21(4)66-46)47(57,44(56)60-11)43-39(55)41(59-10)35(51)19(2)63-43/h12-15,18-21,27-28,30,34-35,39,41-43,50-51,53,55,57H,16-17H2,1-11H3. The Labute approximate surface area is 380 Å². The number of esters is 1. The number of hydrogen-bond donors (Lipinski definition) is 5. The molecule has 3 aromatic rings. The van der Waals surface area contributed by atoms with Gasteiger partial charge in [-0.2, -0.15) is 0 Å². The number of likely N-dealkylation sites (N-methyl/N-ethyl adjacent to an activating group) is 1. The van der Waals surface area contributed by atoms with Crippen molar-refractivity contribution in [1.82, 2.24) is 4.90 Å². The van der Waals surface area contributed by atoms with Crippen LogP contribution in [0.3, 0.4) is 0 Å². The van der Waals surface area contributed by atoms with E-state index in [1.165, 1.54) is 33.3 Å². The minimum atomic E-state index is -3.10. The van der Waals surface area contributed by atoms with Crippen LogP contribution in [0.15, 0.2) is 33.5 Å². The topological polar surface area (TPSA) is 263 Å². The third-order valence-corrected chi connectivity index (χ3v) is 14.8. The minimum Gasteiger partial charge on any atom is -0.507 e. The molecular weight excluding hydrogens is 867 g/mol. The van der Waals surface area contributed by atoms with Crippen molar-refractivity contribution in [2.45, 2.75) is 151 Å². The number of epoxide rings is 1. The van der Waals surface area contributed by atoms with Crippen LogP contribution in [0.4, 0.5) is 0 Å². The number of phenols is 1. The summed E-state index contributed by atoms with van der Waals surface area (Å²) in [5.74, 6) is -3.77. The van der Waals surface area contributed by atoms with Crippen molar-refractivity contribution in [1.29, 1.82) is 0 Å². The van der Waals surface area contributed by atoms with E-state index in [1.807, 2.05) is 32.8 Å². The number of phenolic OH excluding ortho intramolecular Hbond substituents is 1. The van der Waals surface area contributed by atoms with E-state index in [2.05, 4.69) is 0 Å². The van der Waals surface area contributed by atoms with Gasteiger partial charge in [0.05, 0.1) is 60.2 Å². The molecule has 360 valence electrons. The van der Waals surface area contributed by atoms with Crippen LogP contribution in [0, 0.1) is 0 Å². The molecule has 5 aliphatic rings. The zero-order valence-corrected chi connectivity index (χ0v) is 38.7. The summed E-state index contributed by atoms with van der Waals surface area (Å²) in [6.45, 7) is 10.3. The van der Waals surface area contributed by atoms with E-state index in [-0.39, 0.29) is 29.7 Å². The molecule has 0 spiro atoms. The Bertz CT molecular complexity index is 2510. The number of rotatable bonds is 10. The van der Waals surface area contributed by atoms with E-state index in [4.69, 9.17) is 42.3 Å². The summed E-state index contributed by atoms with van der Waals surface area (Å²) in [6, 6.07) is 4.93. The largest absolute Gasteiger partial charge is 0.507 e. The molecule has 4 aliphatic heterocycles. The van der Waals surface area contributed by atoms with Gasteiger partial charge in [0.25, 0.3) is 0 Å². The summed E-state index contributed by atoms with van der Waals surface area (Å²) in [6.07, 6.45) is -12.6. The lowest BCUT2D eigenvalue weighted by molar-refractivity contribution is -0.300. The summed E-state index contributed by atoms with van der Waals surface area (Å²) in [4.78, 5) is 60.5. The molecule has 16 atom stereocenters. The molecule has 8 rings (SSSR count). The number of nitrogens with zero attached hydrogens (tertiary/aromatic N) is 1. The SMILES string of the molecule is COC(=O)C(O)(c1cc2c(c3oc(C4(C)OC4C)cc(=O)c13)C(=O)c1c(ccc(C3CC(C)(N(C)C)C(OC4CC(OC)C(O)C(C)O4)C(C)O3)c1O)C2=O)C1OC(C)C(O)C(OC)C1O. The fraction of sp³-hybridized carbons (Fsp3) is 0.617. The highest BCUT2D eigenvalue weighted by Crippen LogP contribution is 2.50. The maximum Gasteiger partial charge on any atom is 0.345 e. The quantitative estimate of drug-likeness (QED) is 0.112. The maximum atomic E-state index is 15.1. The molecule has 16 unspecified atom stereocenters. The Balaban J connectivity index is 1.25. The average molecular weight is 926 g/mol. The molecule has 0 saturated carbocycles. The highest BCUT2D eigenvalue weighted by atomic mass is 16.7. The smallest absolute Gasteiger partial charge is 0.345 e. The predicted molar refractivity (Wildman–Crippen MR) is 229 cm³/mol. The van der Waals surface area contributed by atoms with E-state index >= 15 is 4.79 Å². The van der Waals surface area contributed by atoms with Crippen molar-refractivity contribution < 1.29 is 82.2 Å². The van der Waals surface area contributed by atoms with Gasteiger partial charge in [0.15, 0.2) is 23.1 Å². The van der Waals surface area contributed by atoms with E-state index in [0.717, 1.165) is 19.2 Å². The number of aromatic hydroxyl groups is 1. The second kappa shape index (κ2) is 17.1. The van der Waals surface area contributed by atoms with Crippen LogP contribution in [0.1, 0.15) is 109 Å². The highest BCUT2D eigenvalue weighted by molar-refractivity contribution is 6.32. The second-order valence-electron chi connectivity index (χ2n) is 18.8. The molecule has 5 heterocycles. The van der Waals surface area contributed by atoms with Crippen LogP contribution in [0.2, 0.25) is 0 Å². The fourth-order valence-corrected chi connectivity index (χ4v) is 10.4. The number of carbonyl (C=O) groups excluding carboxylic acids is 3. The number of carbonyl (C=O) groups is 3. The first-order valence-electron chi connectivity index (χ1n) is 22.0. The van der Waals surface area contributed by atoms with Crippen LogP contribution in [-0.2, 0) is 53.9 Å². The van der Waals surface area contributed by atoms with Crippen LogP contribution >= 0.6 is 0 Å². The molecule has 19 heteroatoms. The van der Waals surface area contributed by atoms with Crippen LogP contribution in [0.25, 0.3) is 11.0 Å². The number of hydrogen-bond acceptors (Lipinski definition) is 19. The molecule has 5 N–H and O–H groups in total. The van der Waals surface area contributed by atoms with Gasteiger partial charge in [0.1, 0.15) is 53.7 Å². The van der Waals surface area contributed by atoms with Crippen molar-refractivity contribution in [2.75, 3.05) is 35.4 Å². The second-order valence-corrected chi connectivity index (χ2v) is 18.8. The van der Waals surface area contributed by atoms with Crippen molar-refractivity contribution in [3.63, 3.8) is 0 Å². The van der Waals surface area contributed by atoms with Gasteiger partial charge >= 0.3 is 5.97 Å².